The first kappa shape index (κ1) is 16.4. The number of carbonyl (C=O) groups is 1. The minimum atomic E-state index is -1.07. The van der Waals surface area contributed by atoms with Crippen LogP contribution in [0, 0.1) is 6.92 Å². The van der Waals surface area contributed by atoms with E-state index < -0.39 is 12.2 Å². The van der Waals surface area contributed by atoms with Crippen LogP contribution in [0.25, 0.3) is 11.3 Å². The summed E-state index contributed by atoms with van der Waals surface area (Å²) in [5, 5.41) is 22.9. The molecule has 0 radical (unpaired) electrons. The van der Waals surface area contributed by atoms with Crippen LogP contribution in [0.5, 0.6) is 0 Å². The molecule has 6 nitrogen and oxygen atoms in total. The van der Waals surface area contributed by atoms with Crippen LogP contribution >= 0.6 is 11.3 Å². The van der Waals surface area contributed by atoms with E-state index in [1.165, 1.54) is 18.3 Å². The Labute approximate surface area is 132 Å². The Hall–Kier alpha value is -1.96. The van der Waals surface area contributed by atoms with E-state index in [1.54, 1.807) is 12.1 Å². The zero-order chi connectivity index (χ0) is 16.3. The standard InChI is InChI=1S/C15H19N3O3S/c1-8-13(18-15(16)22-8)10-3-5-11(6-4-10)14(21)12(20)7-17-9(2)19/h3-6,12,14,20-21H,7H2,1-2H3,(H2,16,18)(H,17,19). The molecule has 0 spiro atoms. The maximum Gasteiger partial charge on any atom is 0.216 e. The van der Waals surface area contributed by atoms with Gasteiger partial charge < -0.3 is 21.3 Å². The van der Waals surface area contributed by atoms with E-state index in [-0.39, 0.29) is 12.5 Å². The van der Waals surface area contributed by atoms with Crippen LogP contribution in [0.3, 0.4) is 0 Å². The molecule has 1 aromatic heterocycles. The summed E-state index contributed by atoms with van der Waals surface area (Å²) in [5.41, 5.74) is 7.99. The lowest BCUT2D eigenvalue weighted by Crippen LogP contribution is -2.34. The summed E-state index contributed by atoms with van der Waals surface area (Å²) < 4.78 is 0. The normalized spacial score (nSPS) is 13.6. The average molecular weight is 321 g/mol. The maximum atomic E-state index is 10.8. The molecule has 2 rings (SSSR count). The van der Waals surface area contributed by atoms with Crippen LogP contribution in [0.1, 0.15) is 23.5 Å². The molecule has 118 valence electrons. The molecule has 0 aliphatic carbocycles. The molecule has 1 aromatic carbocycles. The smallest absolute Gasteiger partial charge is 0.216 e. The number of nitrogen functional groups attached to an aromatic ring is 1. The zero-order valence-corrected chi connectivity index (χ0v) is 13.2. The molecule has 1 amide bonds. The third-order valence-electron chi connectivity index (χ3n) is 3.26. The summed E-state index contributed by atoms with van der Waals surface area (Å²) in [5.74, 6) is -0.252. The van der Waals surface area contributed by atoms with E-state index >= 15 is 0 Å². The van der Waals surface area contributed by atoms with Gasteiger partial charge in [-0.3, -0.25) is 4.79 Å². The van der Waals surface area contributed by atoms with Crippen molar-refractivity contribution < 1.29 is 15.0 Å². The fourth-order valence-corrected chi connectivity index (χ4v) is 2.82. The summed E-state index contributed by atoms with van der Waals surface area (Å²) in [6.07, 6.45) is -2.13. The van der Waals surface area contributed by atoms with Crippen LogP contribution < -0.4 is 11.1 Å². The molecule has 0 aliphatic rings. The molecular weight excluding hydrogens is 302 g/mol. The van der Waals surface area contributed by atoms with Gasteiger partial charge in [-0.15, -0.1) is 11.3 Å². The number of aryl methyl sites for hydroxylation is 1. The monoisotopic (exact) mass is 321 g/mol. The highest BCUT2D eigenvalue weighted by molar-refractivity contribution is 7.15. The second-order valence-electron chi connectivity index (χ2n) is 5.03. The number of nitrogens with zero attached hydrogens (tertiary/aromatic N) is 1. The molecule has 22 heavy (non-hydrogen) atoms. The fraction of sp³-hybridized carbons (Fsp3) is 0.333. The number of aromatic nitrogens is 1. The van der Waals surface area contributed by atoms with Gasteiger partial charge in [0, 0.05) is 23.9 Å². The molecule has 2 atom stereocenters. The summed E-state index contributed by atoms with van der Waals surface area (Å²) >= 11 is 1.43. The maximum absolute atomic E-state index is 10.8. The van der Waals surface area contributed by atoms with Gasteiger partial charge in [-0.1, -0.05) is 24.3 Å². The van der Waals surface area contributed by atoms with Crippen molar-refractivity contribution in [3.05, 3.63) is 34.7 Å². The molecule has 7 heteroatoms. The summed E-state index contributed by atoms with van der Waals surface area (Å²) in [4.78, 5) is 16.1. The Kier molecular flexibility index (Phi) is 5.12. The van der Waals surface area contributed by atoms with Crippen molar-refractivity contribution in [2.24, 2.45) is 0 Å². The number of nitrogens with two attached hydrogens (primary N) is 1. The Balaban J connectivity index is 2.11. The predicted octanol–water partition coefficient (Wildman–Crippen LogP) is 1.23. The molecule has 1 heterocycles. The van der Waals surface area contributed by atoms with Gasteiger partial charge in [0.15, 0.2) is 5.13 Å². The fourth-order valence-electron chi connectivity index (χ4n) is 2.10. The van der Waals surface area contributed by atoms with Crippen LogP contribution in [-0.4, -0.2) is 33.8 Å². The van der Waals surface area contributed by atoms with Gasteiger partial charge in [0.1, 0.15) is 12.2 Å². The number of rotatable bonds is 5. The molecule has 0 saturated heterocycles. The van der Waals surface area contributed by atoms with Crippen molar-refractivity contribution in [1.82, 2.24) is 10.3 Å². The molecule has 5 N–H and O–H groups in total. The molecule has 2 aromatic rings. The van der Waals surface area contributed by atoms with E-state index in [1.807, 2.05) is 19.1 Å². The van der Waals surface area contributed by atoms with Crippen LogP contribution in [0.4, 0.5) is 5.13 Å². The van der Waals surface area contributed by atoms with Crippen LogP contribution in [-0.2, 0) is 4.79 Å². The van der Waals surface area contributed by atoms with Gasteiger partial charge in [-0.05, 0) is 12.5 Å². The third kappa shape index (κ3) is 3.82. The number of nitrogens with one attached hydrogen (secondary N) is 1. The van der Waals surface area contributed by atoms with Crippen molar-refractivity contribution in [3.63, 3.8) is 0 Å². The Morgan fingerprint density at radius 1 is 1.36 bits per heavy atom. The predicted molar refractivity (Wildman–Crippen MR) is 86.3 cm³/mol. The number of amides is 1. The first-order valence-electron chi connectivity index (χ1n) is 6.82. The summed E-state index contributed by atoms with van der Waals surface area (Å²) in [7, 11) is 0. The highest BCUT2D eigenvalue weighted by Gasteiger charge is 2.19. The minimum Gasteiger partial charge on any atom is -0.388 e. The van der Waals surface area contributed by atoms with E-state index in [4.69, 9.17) is 5.73 Å². The molecule has 0 fully saturated rings. The first-order chi connectivity index (χ1) is 10.4. The number of aliphatic hydroxyl groups excluding tert-OH is 2. The van der Waals surface area contributed by atoms with Crippen LogP contribution in [0.15, 0.2) is 24.3 Å². The Morgan fingerprint density at radius 3 is 2.50 bits per heavy atom. The average Bonchev–Trinajstić information content (AvgIpc) is 2.83. The minimum absolute atomic E-state index is 0.0000206. The lowest BCUT2D eigenvalue weighted by atomic mass is 10.0. The SMILES string of the molecule is CC(=O)NCC(O)C(O)c1ccc(-c2nc(N)sc2C)cc1. The molecule has 0 bridgehead atoms. The number of anilines is 1. The highest BCUT2D eigenvalue weighted by atomic mass is 32.1. The number of aliphatic hydroxyl groups is 2. The van der Waals surface area contributed by atoms with Gasteiger partial charge in [0.25, 0.3) is 0 Å². The summed E-state index contributed by atoms with van der Waals surface area (Å²) in [6, 6.07) is 7.11. The van der Waals surface area contributed by atoms with Crippen molar-refractivity contribution in [2.75, 3.05) is 12.3 Å². The topological polar surface area (TPSA) is 108 Å². The number of thiazole rings is 1. The van der Waals surface area contributed by atoms with E-state index in [9.17, 15) is 15.0 Å². The van der Waals surface area contributed by atoms with E-state index in [0.29, 0.717) is 10.7 Å². The lowest BCUT2D eigenvalue weighted by molar-refractivity contribution is -0.119. The number of benzene rings is 1. The summed E-state index contributed by atoms with van der Waals surface area (Å²) in [6.45, 7) is 3.30. The van der Waals surface area contributed by atoms with Crippen molar-refractivity contribution in [2.45, 2.75) is 26.1 Å². The number of carbonyl (C=O) groups excluding carboxylic acids is 1. The molecular formula is C15H19N3O3S. The van der Waals surface area contributed by atoms with Crippen LogP contribution in [0.2, 0.25) is 0 Å². The van der Waals surface area contributed by atoms with Crippen molar-refractivity contribution in [3.8, 4) is 11.3 Å². The third-order valence-corrected chi connectivity index (χ3v) is 4.06. The van der Waals surface area contributed by atoms with Gasteiger partial charge in [0.2, 0.25) is 5.91 Å². The highest BCUT2D eigenvalue weighted by Crippen LogP contribution is 2.29. The number of hydrogen-bond donors (Lipinski definition) is 4. The second kappa shape index (κ2) is 6.87. The largest absolute Gasteiger partial charge is 0.388 e. The van der Waals surface area contributed by atoms with Gasteiger partial charge in [0.05, 0.1) is 5.69 Å². The second-order valence-corrected chi connectivity index (χ2v) is 6.26. The van der Waals surface area contributed by atoms with Crippen molar-refractivity contribution >= 4 is 22.4 Å². The van der Waals surface area contributed by atoms with Gasteiger partial charge in [-0.2, -0.15) is 0 Å². The quantitative estimate of drug-likeness (QED) is 0.662. The lowest BCUT2D eigenvalue weighted by Gasteiger charge is -2.18. The van der Waals surface area contributed by atoms with E-state index in [0.717, 1.165) is 16.1 Å². The van der Waals surface area contributed by atoms with Gasteiger partial charge >= 0.3 is 0 Å². The Bertz CT molecular complexity index is 655. The van der Waals surface area contributed by atoms with Gasteiger partial charge in [-0.25, -0.2) is 4.98 Å². The molecule has 2 unspecified atom stereocenters. The molecule has 0 saturated carbocycles. The number of hydrogen-bond acceptors (Lipinski definition) is 6. The zero-order valence-electron chi connectivity index (χ0n) is 12.4. The Morgan fingerprint density at radius 2 is 2.00 bits per heavy atom. The van der Waals surface area contributed by atoms with E-state index in [2.05, 4.69) is 10.3 Å². The molecule has 0 aliphatic heterocycles. The first-order valence-corrected chi connectivity index (χ1v) is 7.64. The van der Waals surface area contributed by atoms with Crippen molar-refractivity contribution in [1.29, 1.82) is 0 Å².